The smallest absolute Gasteiger partial charge is 0.247 e. The molecule has 0 saturated heterocycles. The van der Waals surface area contributed by atoms with Crippen molar-refractivity contribution in [2.45, 2.75) is 6.92 Å². The molecule has 0 spiro atoms. The van der Waals surface area contributed by atoms with Crippen molar-refractivity contribution in [2.24, 2.45) is 0 Å². The first-order chi connectivity index (χ1) is 5.74. The van der Waals surface area contributed by atoms with Gasteiger partial charge in [0.25, 0.3) is 0 Å². The Bertz CT molecular complexity index is 236. The molecule has 0 bridgehead atoms. The minimum atomic E-state index is -0.221. The monoisotopic (exact) mass is 163 g/mol. The normalized spacial score (nSPS) is 11.2. The fourth-order valence-electron chi connectivity index (χ4n) is 0.639. The molecular formula is C10H13NO. The lowest BCUT2D eigenvalue weighted by molar-refractivity contribution is -0.115. The second-order valence-electron chi connectivity index (χ2n) is 2.05. The lowest BCUT2D eigenvalue weighted by Gasteiger charge is -2.00. The highest BCUT2D eigenvalue weighted by atomic mass is 16.1. The van der Waals surface area contributed by atoms with Gasteiger partial charge in [-0.2, -0.15) is 0 Å². The molecule has 0 aromatic heterocycles. The van der Waals surface area contributed by atoms with Gasteiger partial charge in [0, 0.05) is 5.70 Å². The van der Waals surface area contributed by atoms with E-state index in [4.69, 9.17) is 0 Å². The van der Waals surface area contributed by atoms with Crippen molar-refractivity contribution in [3.05, 3.63) is 49.2 Å². The van der Waals surface area contributed by atoms with Crippen LogP contribution >= 0.6 is 0 Å². The zero-order valence-corrected chi connectivity index (χ0v) is 7.21. The van der Waals surface area contributed by atoms with Crippen LogP contribution in [-0.2, 0) is 4.79 Å². The molecular weight excluding hydrogens is 150 g/mol. The van der Waals surface area contributed by atoms with Gasteiger partial charge in [-0.05, 0) is 25.2 Å². The summed E-state index contributed by atoms with van der Waals surface area (Å²) in [6, 6.07) is 0. The highest BCUT2D eigenvalue weighted by molar-refractivity contribution is 5.88. The molecule has 1 N–H and O–H groups in total. The Morgan fingerprint density at radius 2 is 2.08 bits per heavy atom. The van der Waals surface area contributed by atoms with E-state index >= 15 is 0 Å². The van der Waals surface area contributed by atoms with Gasteiger partial charge in [-0.15, -0.1) is 0 Å². The number of nitrogens with one attached hydrogen (secondary N) is 1. The Kier molecular flexibility index (Phi) is 5.35. The first kappa shape index (κ1) is 10.4. The molecule has 0 aliphatic rings. The van der Waals surface area contributed by atoms with Crippen molar-refractivity contribution in [1.29, 1.82) is 0 Å². The summed E-state index contributed by atoms with van der Waals surface area (Å²) in [7, 11) is 0. The van der Waals surface area contributed by atoms with Crippen LogP contribution in [0.2, 0.25) is 0 Å². The van der Waals surface area contributed by atoms with Crippen LogP contribution < -0.4 is 5.32 Å². The van der Waals surface area contributed by atoms with E-state index in [-0.39, 0.29) is 5.91 Å². The summed E-state index contributed by atoms with van der Waals surface area (Å²) in [5.74, 6) is -0.221. The third-order valence-electron chi connectivity index (χ3n) is 1.10. The van der Waals surface area contributed by atoms with Crippen LogP contribution in [0.15, 0.2) is 49.2 Å². The molecule has 0 rings (SSSR count). The third-order valence-corrected chi connectivity index (χ3v) is 1.10. The fourth-order valence-corrected chi connectivity index (χ4v) is 0.639. The van der Waals surface area contributed by atoms with Crippen LogP contribution in [0.4, 0.5) is 0 Å². The van der Waals surface area contributed by atoms with Gasteiger partial charge in [-0.3, -0.25) is 4.79 Å². The maximum absolute atomic E-state index is 10.8. The number of hydrogen-bond donors (Lipinski definition) is 1. The van der Waals surface area contributed by atoms with Crippen molar-refractivity contribution in [2.75, 3.05) is 0 Å². The van der Waals surface area contributed by atoms with Gasteiger partial charge in [-0.25, -0.2) is 0 Å². The van der Waals surface area contributed by atoms with Crippen molar-refractivity contribution < 1.29 is 4.79 Å². The Hall–Kier alpha value is -1.57. The fraction of sp³-hybridized carbons (Fsp3) is 0.100. The maximum Gasteiger partial charge on any atom is 0.247 e. The SMILES string of the molecule is C=C/C=C(\C=C/C)NC(=O)C=C. The Labute approximate surface area is 73.0 Å². The summed E-state index contributed by atoms with van der Waals surface area (Å²) in [4.78, 5) is 10.8. The van der Waals surface area contributed by atoms with Crippen LogP contribution in [0, 0.1) is 0 Å². The zero-order chi connectivity index (χ0) is 9.40. The predicted octanol–water partition coefficient (Wildman–Crippen LogP) is 1.93. The third kappa shape index (κ3) is 4.28. The Balaban J connectivity index is 4.33. The summed E-state index contributed by atoms with van der Waals surface area (Å²) >= 11 is 0. The topological polar surface area (TPSA) is 29.1 Å². The largest absolute Gasteiger partial charge is 0.323 e. The highest BCUT2D eigenvalue weighted by Gasteiger charge is 1.93. The molecule has 0 atom stereocenters. The number of rotatable bonds is 4. The van der Waals surface area contributed by atoms with E-state index in [1.807, 2.05) is 13.0 Å². The van der Waals surface area contributed by atoms with Crippen LogP contribution in [0.3, 0.4) is 0 Å². The molecule has 0 radical (unpaired) electrons. The first-order valence-corrected chi connectivity index (χ1v) is 3.63. The number of amides is 1. The second-order valence-corrected chi connectivity index (χ2v) is 2.05. The van der Waals surface area contributed by atoms with Crippen LogP contribution in [0.5, 0.6) is 0 Å². The maximum atomic E-state index is 10.8. The van der Waals surface area contributed by atoms with Gasteiger partial charge in [-0.1, -0.05) is 25.3 Å². The summed E-state index contributed by atoms with van der Waals surface area (Å²) in [6.07, 6.45) is 8.16. The molecule has 1 amide bonds. The second kappa shape index (κ2) is 6.16. The molecule has 2 nitrogen and oxygen atoms in total. The summed E-state index contributed by atoms with van der Waals surface area (Å²) < 4.78 is 0. The van der Waals surface area contributed by atoms with Crippen LogP contribution in [-0.4, -0.2) is 5.91 Å². The Morgan fingerprint density at radius 1 is 1.42 bits per heavy atom. The van der Waals surface area contributed by atoms with Crippen molar-refractivity contribution >= 4 is 5.91 Å². The van der Waals surface area contributed by atoms with Crippen LogP contribution in [0.25, 0.3) is 0 Å². The van der Waals surface area contributed by atoms with E-state index in [2.05, 4.69) is 18.5 Å². The quantitative estimate of drug-likeness (QED) is 0.498. The minimum Gasteiger partial charge on any atom is -0.323 e. The highest BCUT2D eigenvalue weighted by Crippen LogP contribution is 1.92. The number of allylic oxidation sites excluding steroid dienone is 4. The number of hydrogen-bond acceptors (Lipinski definition) is 1. The van der Waals surface area contributed by atoms with Gasteiger partial charge in [0.15, 0.2) is 0 Å². The zero-order valence-electron chi connectivity index (χ0n) is 7.21. The standard InChI is InChI=1S/C10H13NO/c1-4-7-9(8-5-2)11-10(12)6-3/h4-8H,1,3H2,2H3,(H,11,12)/b8-5-,9-7+. The van der Waals surface area contributed by atoms with Gasteiger partial charge in [0.05, 0.1) is 0 Å². The average Bonchev–Trinajstić information content (AvgIpc) is 2.05. The molecule has 0 aliphatic carbocycles. The molecule has 64 valence electrons. The molecule has 0 aliphatic heterocycles. The van der Waals surface area contributed by atoms with Gasteiger partial charge in [0.1, 0.15) is 0 Å². The van der Waals surface area contributed by atoms with E-state index in [0.29, 0.717) is 5.70 Å². The van der Waals surface area contributed by atoms with E-state index < -0.39 is 0 Å². The molecule has 2 heteroatoms. The van der Waals surface area contributed by atoms with Crippen molar-refractivity contribution in [3.8, 4) is 0 Å². The molecule has 0 aromatic rings. The predicted molar refractivity (Wildman–Crippen MR) is 51.4 cm³/mol. The average molecular weight is 163 g/mol. The Morgan fingerprint density at radius 3 is 2.50 bits per heavy atom. The van der Waals surface area contributed by atoms with Gasteiger partial charge in [0.2, 0.25) is 5.91 Å². The van der Waals surface area contributed by atoms with Crippen molar-refractivity contribution in [1.82, 2.24) is 5.32 Å². The van der Waals surface area contributed by atoms with E-state index in [9.17, 15) is 4.79 Å². The molecule has 0 heterocycles. The van der Waals surface area contributed by atoms with Gasteiger partial charge < -0.3 is 5.32 Å². The molecule has 0 fully saturated rings. The lowest BCUT2D eigenvalue weighted by Crippen LogP contribution is -2.18. The number of carbonyl (C=O) groups excluding carboxylic acids is 1. The summed E-state index contributed by atoms with van der Waals surface area (Å²) in [5.41, 5.74) is 0.706. The van der Waals surface area contributed by atoms with E-state index in [1.165, 1.54) is 6.08 Å². The van der Waals surface area contributed by atoms with Crippen molar-refractivity contribution in [3.63, 3.8) is 0 Å². The summed E-state index contributed by atoms with van der Waals surface area (Å²) in [6.45, 7) is 8.75. The van der Waals surface area contributed by atoms with Crippen LogP contribution in [0.1, 0.15) is 6.92 Å². The summed E-state index contributed by atoms with van der Waals surface area (Å²) in [5, 5.41) is 2.61. The minimum absolute atomic E-state index is 0.221. The molecule has 0 saturated carbocycles. The molecule has 12 heavy (non-hydrogen) atoms. The molecule has 0 unspecified atom stereocenters. The van der Waals surface area contributed by atoms with E-state index in [1.54, 1.807) is 18.2 Å². The van der Waals surface area contributed by atoms with E-state index in [0.717, 1.165) is 0 Å². The number of carbonyl (C=O) groups is 1. The van der Waals surface area contributed by atoms with Gasteiger partial charge >= 0.3 is 0 Å². The molecule has 0 aromatic carbocycles. The lowest BCUT2D eigenvalue weighted by atomic mass is 10.3. The first-order valence-electron chi connectivity index (χ1n) is 3.63.